The van der Waals surface area contributed by atoms with E-state index in [-0.39, 0.29) is 16.6 Å². The first-order valence-electron chi connectivity index (χ1n) is 14.4. The zero-order valence-electron chi connectivity index (χ0n) is 24.0. The van der Waals surface area contributed by atoms with Crippen molar-refractivity contribution in [1.82, 2.24) is 0 Å². The molecule has 4 aromatic rings. The highest BCUT2D eigenvalue weighted by Crippen LogP contribution is 2.49. The second-order valence-corrected chi connectivity index (χ2v) is 12.6. The van der Waals surface area contributed by atoms with E-state index in [9.17, 15) is 0 Å². The van der Waals surface area contributed by atoms with Crippen LogP contribution in [0.15, 0.2) is 115 Å². The van der Waals surface area contributed by atoms with Crippen molar-refractivity contribution in [3.63, 3.8) is 0 Å². The maximum atomic E-state index is 6.43. The molecule has 1 saturated heterocycles. The first-order chi connectivity index (χ1) is 19.2. The Labute approximate surface area is 237 Å². The summed E-state index contributed by atoms with van der Waals surface area (Å²) in [7, 11) is -0.398. The third-order valence-corrected chi connectivity index (χ3v) is 9.47. The fourth-order valence-corrected chi connectivity index (χ4v) is 6.55. The zero-order valence-corrected chi connectivity index (χ0v) is 24.0. The van der Waals surface area contributed by atoms with Gasteiger partial charge < -0.3 is 9.31 Å². The number of benzene rings is 4. The molecule has 40 heavy (non-hydrogen) atoms. The van der Waals surface area contributed by atoms with Gasteiger partial charge in [-0.2, -0.15) is 0 Å². The average molecular weight is 522 g/mol. The average Bonchev–Trinajstić information content (AvgIpc) is 3.17. The van der Waals surface area contributed by atoms with Crippen molar-refractivity contribution in [3.05, 3.63) is 120 Å². The van der Waals surface area contributed by atoms with Gasteiger partial charge in [-0.25, -0.2) is 0 Å². The fraction of sp³-hybridized carbons (Fsp3) is 0.243. The maximum absolute atomic E-state index is 6.43. The molecule has 1 atom stereocenters. The highest BCUT2D eigenvalue weighted by molar-refractivity contribution is 6.62. The summed E-state index contributed by atoms with van der Waals surface area (Å²) < 4.78 is 12.9. The highest BCUT2D eigenvalue weighted by Gasteiger charge is 2.51. The van der Waals surface area contributed by atoms with Crippen LogP contribution >= 0.6 is 0 Å². The molecule has 0 spiro atoms. The highest BCUT2D eigenvalue weighted by atomic mass is 16.7. The van der Waals surface area contributed by atoms with E-state index in [0.29, 0.717) is 0 Å². The van der Waals surface area contributed by atoms with E-state index >= 15 is 0 Å². The molecule has 2 aliphatic carbocycles. The van der Waals surface area contributed by atoms with E-state index in [1.165, 1.54) is 49.4 Å². The van der Waals surface area contributed by atoms with Gasteiger partial charge in [-0.1, -0.05) is 116 Å². The lowest BCUT2D eigenvalue weighted by molar-refractivity contribution is 0.00578. The van der Waals surface area contributed by atoms with Crippen LogP contribution in [0.2, 0.25) is 0 Å². The molecule has 7 rings (SSSR count). The Bertz CT molecular complexity index is 1730. The summed E-state index contributed by atoms with van der Waals surface area (Å²) in [4.78, 5) is 0. The maximum Gasteiger partial charge on any atom is 0.494 e. The van der Waals surface area contributed by atoms with Crippen LogP contribution in [0.25, 0.3) is 38.2 Å². The van der Waals surface area contributed by atoms with Crippen LogP contribution in [0.1, 0.15) is 46.6 Å². The molecule has 1 aliphatic heterocycles. The number of allylic oxidation sites excluding steroid dienone is 8. The Kier molecular flexibility index (Phi) is 5.65. The molecule has 0 saturated carbocycles. The molecule has 0 N–H and O–H groups in total. The first-order valence-corrected chi connectivity index (χ1v) is 14.4. The van der Waals surface area contributed by atoms with Crippen molar-refractivity contribution in [1.29, 1.82) is 0 Å². The quantitative estimate of drug-likeness (QED) is 0.198. The van der Waals surface area contributed by atoms with Crippen molar-refractivity contribution in [2.45, 2.75) is 52.2 Å². The van der Waals surface area contributed by atoms with Gasteiger partial charge in [-0.05, 0) is 89.0 Å². The zero-order chi connectivity index (χ0) is 27.7. The number of fused-ring (bicyclic) bond motifs is 3. The van der Waals surface area contributed by atoms with Crippen molar-refractivity contribution in [2.24, 2.45) is 5.41 Å². The van der Waals surface area contributed by atoms with Gasteiger partial charge in [0.25, 0.3) is 0 Å². The Hall–Kier alpha value is -3.66. The molecule has 1 unspecified atom stereocenters. The van der Waals surface area contributed by atoms with Crippen LogP contribution in [-0.4, -0.2) is 18.3 Å². The van der Waals surface area contributed by atoms with Crippen LogP contribution < -0.4 is 5.46 Å². The standard InChI is InChI=1S/C37H35BO2/c1-35(2)36(3,4)40-38(39-35)26-15-12-14-25(24-26)33-27-16-6-8-18-29(27)34(30-19-9-7-17-28(30)33)31-20-13-23-37(5)22-11-10-21-32(31)37/h6-22,24H,23H2,1-5H3. The fourth-order valence-electron chi connectivity index (χ4n) is 6.55. The normalized spacial score (nSPS) is 22.9. The van der Waals surface area contributed by atoms with E-state index in [1.807, 2.05) is 0 Å². The Morgan fingerprint density at radius 2 is 1.25 bits per heavy atom. The van der Waals surface area contributed by atoms with Gasteiger partial charge in [0.2, 0.25) is 0 Å². The first kappa shape index (κ1) is 25.3. The van der Waals surface area contributed by atoms with Gasteiger partial charge in [-0.15, -0.1) is 0 Å². The molecule has 198 valence electrons. The van der Waals surface area contributed by atoms with Crippen LogP contribution in [0, 0.1) is 5.41 Å². The number of hydrogen-bond donors (Lipinski definition) is 0. The van der Waals surface area contributed by atoms with Crippen LogP contribution in [0.4, 0.5) is 0 Å². The summed E-state index contributed by atoms with van der Waals surface area (Å²) in [5.41, 5.74) is 6.74. The third kappa shape index (κ3) is 3.79. The molecular formula is C37H35BO2. The molecular weight excluding hydrogens is 487 g/mol. The summed E-state index contributed by atoms with van der Waals surface area (Å²) in [6.45, 7) is 10.8. The van der Waals surface area contributed by atoms with Crippen molar-refractivity contribution >= 4 is 39.7 Å². The molecule has 3 aliphatic rings. The van der Waals surface area contributed by atoms with Crippen molar-refractivity contribution < 1.29 is 9.31 Å². The summed E-state index contributed by atoms with van der Waals surface area (Å²) in [6.07, 6.45) is 14.7. The monoisotopic (exact) mass is 522 g/mol. The molecule has 1 fully saturated rings. The van der Waals surface area contributed by atoms with Gasteiger partial charge in [-0.3, -0.25) is 0 Å². The SMILES string of the molecule is CC12C=CC=CC1=C(c1c3ccccc3c(-c3cccc(B4OC(C)(C)C(C)(C)O4)c3)c3ccccc13)C=CC2. The Morgan fingerprint density at radius 1 is 0.650 bits per heavy atom. The third-order valence-electron chi connectivity index (χ3n) is 9.47. The smallest absolute Gasteiger partial charge is 0.399 e. The lowest BCUT2D eigenvalue weighted by Gasteiger charge is -2.34. The van der Waals surface area contributed by atoms with E-state index in [0.717, 1.165) is 11.9 Å². The molecule has 0 radical (unpaired) electrons. The van der Waals surface area contributed by atoms with Gasteiger partial charge in [0.1, 0.15) is 0 Å². The lowest BCUT2D eigenvalue weighted by atomic mass is 9.69. The molecule has 0 amide bonds. The minimum absolute atomic E-state index is 0.0108. The second-order valence-electron chi connectivity index (χ2n) is 12.6. The largest absolute Gasteiger partial charge is 0.494 e. The predicted molar refractivity (Wildman–Crippen MR) is 170 cm³/mol. The van der Waals surface area contributed by atoms with Crippen LogP contribution in [0.3, 0.4) is 0 Å². The predicted octanol–water partition coefficient (Wildman–Crippen LogP) is 8.81. The van der Waals surface area contributed by atoms with Gasteiger partial charge in [0.15, 0.2) is 0 Å². The number of hydrogen-bond acceptors (Lipinski definition) is 2. The Balaban J connectivity index is 1.48. The molecule has 3 heteroatoms. The van der Waals surface area contributed by atoms with E-state index in [4.69, 9.17) is 9.31 Å². The molecule has 0 aromatic heterocycles. The van der Waals surface area contributed by atoms with Crippen molar-refractivity contribution in [2.75, 3.05) is 0 Å². The van der Waals surface area contributed by atoms with E-state index in [2.05, 4.69) is 144 Å². The van der Waals surface area contributed by atoms with Crippen molar-refractivity contribution in [3.8, 4) is 11.1 Å². The number of rotatable bonds is 3. The molecule has 1 heterocycles. The minimum Gasteiger partial charge on any atom is -0.399 e. The summed E-state index contributed by atoms with van der Waals surface area (Å²) in [5.74, 6) is 0. The lowest BCUT2D eigenvalue weighted by Crippen LogP contribution is -2.41. The summed E-state index contributed by atoms with van der Waals surface area (Å²) >= 11 is 0. The Morgan fingerprint density at radius 3 is 1.88 bits per heavy atom. The van der Waals surface area contributed by atoms with E-state index < -0.39 is 7.12 Å². The minimum atomic E-state index is -0.398. The van der Waals surface area contributed by atoms with Gasteiger partial charge in [0, 0.05) is 5.41 Å². The summed E-state index contributed by atoms with van der Waals surface area (Å²) in [6, 6.07) is 26.5. The molecule has 2 nitrogen and oxygen atoms in total. The van der Waals surface area contributed by atoms with Gasteiger partial charge in [0.05, 0.1) is 11.2 Å². The molecule has 4 aromatic carbocycles. The van der Waals surface area contributed by atoms with E-state index in [1.54, 1.807) is 0 Å². The van der Waals surface area contributed by atoms with Gasteiger partial charge >= 0.3 is 7.12 Å². The van der Waals surface area contributed by atoms with Crippen LogP contribution in [0.5, 0.6) is 0 Å². The topological polar surface area (TPSA) is 18.5 Å². The molecule has 0 bridgehead atoms. The summed E-state index contributed by atoms with van der Waals surface area (Å²) in [5, 5.41) is 5.06. The second kappa shape index (κ2) is 8.93. The van der Waals surface area contributed by atoms with Crippen LogP contribution in [-0.2, 0) is 9.31 Å².